The van der Waals surface area contributed by atoms with Crippen molar-refractivity contribution in [1.29, 1.82) is 0 Å². The molecule has 0 saturated carbocycles. The second kappa shape index (κ2) is 6.99. The van der Waals surface area contributed by atoms with Crippen LogP contribution in [0.15, 0.2) is 24.3 Å². The summed E-state index contributed by atoms with van der Waals surface area (Å²) in [5.74, 6) is 0. The fourth-order valence-electron chi connectivity index (χ4n) is 0.902. The van der Waals surface area contributed by atoms with Gasteiger partial charge in [0.25, 0.3) is 5.24 Å². The summed E-state index contributed by atoms with van der Waals surface area (Å²) in [7, 11) is 0. The van der Waals surface area contributed by atoms with Crippen molar-refractivity contribution in [3.8, 4) is 0 Å². The molecular weight excluding hydrogens is 287 g/mol. The molecule has 90 valence electrons. The van der Waals surface area contributed by atoms with E-state index < -0.39 is 22.5 Å². The van der Waals surface area contributed by atoms with Gasteiger partial charge in [0, 0.05) is 5.56 Å². The average Bonchev–Trinajstić information content (AvgIpc) is 2.17. The van der Waals surface area contributed by atoms with E-state index in [1.807, 2.05) is 0 Å². The van der Waals surface area contributed by atoms with E-state index in [-0.39, 0.29) is 5.34 Å². The second-order valence-electron chi connectivity index (χ2n) is 2.42. The van der Waals surface area contributed by atoms with E-state index in [0.717, 1.165) is 12.1 Å². The fraction of sp³-hybridized carbons (Fsp3) is 0.222. The Morgan fingerprint density at radius 3 is 1.94 bits per heavy atom. The number of carbonyl (C=O) groups is 1. The SMILES string of the molecule is ClCCl.O=C(Cl)c1ccccc1C(F)(F)F. The molecule has 0 saturated heterocycles. The van der Waals surface area contributed by atoms with Gasteiger partial charge in [0.05, 0.1) is 10.9 Å². The Hall–Kier alpha value is -0.450. The minimum atomic E-state index is -4.54. The molecule has 7 heteroatoms. The molecule has 0 N–H and O–H groups in total. The molecule has 1 aromatic carbocycles. The van der Waals surface area contributed by atoms with Crippen LogP contribution in [-0.4, -0.2) is 10.6 Å². The molecule has 0 fully saturated rings. The smallest absolute Gasteiger partial charge is 0.276 e. The van der Waals surface area contributed by atoms with Crippen LogP contribution in [0.3, 0.4) is 0 Å². The van der Waals surface area contributed by atoms with E-state index in [1.165, 1.54) is 12.1 Å². The van der Waals surface area contributed by atoms with Crippen LogP contribution in [-0.2, 0) is 6.18 Å². The van der Waals surface area contributed by atoms with Crippen LogP contribution in [0.2, 0.25) is 0 Å². The quantitative estimate of drug-likeness (QED) is 0.550. The van der Waals surface area contributed by atoms with Crippen molar-refractivity contribution in [1.82, 2.24) is 0 Å². The molecule has 1 nitrogen and oxygen atoms in total. The lowest BCUT2D eigenvalue weighted by Crippen LogP contribution is -2.10. The third-order valence-corrected chi connectivity index (χ3v) is 1.65. The van der Waals surface area contributed by atoms with Crippen molar-refractivity contribution in [2.24, 2.45) is 0 Å². The first-order valence-corrected chi connectivity index (χ1v) is 5.27. The maximum absolute atomic E-state index is 12.2. The van der Waals surface area contributed by atoms with Crippen molar-refractivity contribution in [3.05, 3.63) is 35.4 Å². The summed E-state index contributed by atoms with van der Waals surface area (Å²) in [6.07, 6.45) is -4.54. The number of alkyl halides is 5. The maximum Gasteiger partial charge on any atom is 0.417 e. The van der Waals surface area contributed by atoms with Crippen molar-refractivity contribution < 1.29 is 18.0 Å². The van der Waals surface area contributed by atoms with E-state index in [2.05, 4.69) is 0 Å². The Kier molecular flexibility index (Phi) is 6.79. The number of hydrogen-bond donors (Lipinski definition) is 0. The highest BCUT2D eigenvalue weighted by atomic mass is 35.5. The molecule has 0 aliphatic rings. The topological polar surface area (TPSA) is 17.1 Å². The summed E-state index contributed by atoms with van der Waals surface area (Å²) < 4.78 is 36.6. The maximum atomic E-state index is 12.2. The fourth-order valence-corrected chi connectivity index (χ4v) is 1.07. The highest BCUT2D eigenvalue weighted by molar-refractivity contribution is 6.67. The Labute approximate surface area is 105 Å². The molecule has 0 bridgehead atoms. The van der Waals surface area contributed by atoms with Crippen LogP contribution in [0.1, 0.15) is 15.9 Å². The molecule has 0 spiro atoms. The predicted octanol–water partition coefficient (Wildman–Crippen LogP) is 4.51. The lowest BCUT2D eigenvalue weighted by atomic mass is 10.1. The summed E-state index contributed by atoms with van der Waals surface area (Å²) in [5, 5.41) is -0.909. The number of hydrogen-bond acceptors (Lipinski definition) is 1. The van der Waals surface area contributed by atoms with Gasteiger partial charge in [-0.3, -0.25) is 4.79 Å². The summed E-state index contributed by atoms with van der Waals surface area (Å²) in [4.78, 5) is 10.6. The number of benzene rings is 1. The lowest BCUT2D eigenvalue weighted by Gasteiger charge is -2.08. The largest absolute Gasteiger partial charge is 0.417 e. The van der Waals surface area contributed by atoms with E-state index in [9.17, 15) is 18.0 Å². The first-order valence-electron chi connectivity index (χ1n) is 3.82. The van der Waals surface area contributed by atoms with Gasteiger partial charge in [-0.2, -0.15) is 13.2 Å². The molecule has 0 aromatic heterocycles. The van der Waals surface area contributed by atoms with E-state index >= 15 is 0 Å². The highest BCUT2D eigenvalue weighted by Gasteiger charge is 2.34. The summed E-state index contributed by atoms with van der Waals surface area (Å²) >= 11 is 14.5. The third kappa shape index (κ3) is 5.05. The zero-order chi connectivity index (χ0) is 12.8. The summed E-state index contributed by atoms with van der Waals surface area (Å²) in [6, 6.07) is 4.38. The van der Waals surface area contributed by atoms with Crippen LogP contribution < -0.4 is 0 Å². The molecule has 1 rings (SSSR count). The van der Waals surface area contributed by atoms with Crippen molar-refractivity contribution >= 4 is 40.0 Å². The van der Waals surface area contributed by atoms with Gasteiger partial charge < -0.3 is 0 Å². The standard InChI is InChI=1S/C8H4ClF3O.CH2Cl2/c9-7(13)5-3-1-2-4-6(5)8(10,11)12;2-1-3/h1-4H;1H2. The van der Waals surface area contributed by atoms with E-state index in [1.54, 1.807) is 0 Å². The van der Waals surface area contributed by atoms with Gasteiger partial charge in [-0.1, -0.05) is 12.1 Å². The molecular formula is C9H6Cl3F3O. The van der Waals surface area contributed by atoms with Gasteiger partial charge in [0.1, 0.15) is 0 Å². The zero-order valence-corrected chi connectivity index (χ0v) is 9.96. The summed E-state index contributed by atoms with van der Waals surface area (Å²) in [6.45, 7) is 0. The number of carbonyl (C=O) groups excluding carboxylic acids is 1. The second-order valence-corrected chi connectivity index (χ2v) is 3.57. The minimum absolute atomic E-state index is 0.194. The molecule has 0 heterocycles. The first-order chi connectivity index (χ1) is 7.34. The van der Waals surface area contributed by atoms with Crippen LogP contribution in [0.4, 0.5) is 13.2 Å². The molecule has 0 amide bonds. The Morgan fingerprint density at radius 2 is 1.62 bits per heavy atom. The monoisotopic (exact) mass is 292 g/mol. The molecule has 1 aromatic rings. The highest BCUT2D eigenvalue weighted by Crippen LogP contribution is 2.32. The third-order valence-electron chi connectivity index (χ3n) is 1.44. The van der Waals surface area contributed by atoms with Gasteiger partial charge in [-0.15, -0.1) is 23.2 Å². The van der Waals surface area contributed by atoms with Crippen molar-refractivity contribution in [3.63, 3.8) is 0 Å². The minimum Gasteiger partial charge on any atom is -0.276 e. The number of rotatable bonds is 1. The first kappa shape index (κ1) is 15.6. The van der Waals surface area contributed by atoms with Gasteiger partial charge in [-0.05, 0) is 23.7 Å². The predicted molar refractivity (Wildman–Crippen MR) is 58.2 cm³/mol. The van der Waals surface area contributed by atoms with E-state index in [4.69, 9.17) is 34.8 Å². The molecule has 16 heavy (non-hydrogen) atoms. The van der Waals surface area contributed by atoms with Crippen molar-refractivity contribution in [2.45, 2.75) is 6.18 Å². The van der Waals surface area contributed by atoms with Crippen LogP contribution in [0, 0.1) is 0 Å². The molecule has 0 unspecified atom stereocenters. The van der Waals surface area contributed by atoms with Gasteiger partial charge in [0.2, 0.25) is 0 Å². The average molecular weight is 293 g/mol. The molecule has 0 atom stereocenters. The van der Waals surface area contributed by atoms with Crippen molar-refractivity contribution in [2.75, 3.05) is 5.34 Å². The van der Waals surface area contributed by atoms with E-state index in [0.29, 0.717) is 0 Å². The normalized spacial score (nSPS) is 10.4. The van der Waals surface area contributed by atoms with Gasteiger partial charge in [0.15, 0.2) is 0 Å². The van der Waals surface area contributed by atoms with Crippen LogP contribution in [0.5, 0.6) is 0 Å². The Bertz CT molecular complexity index is 352. The molecule has 0 aliphatic carbocycles. The Balaban J connectivity index is 0.000000673. The molecule has 0 radical (unpaired) electrons. The zero-order valence-electron chi connectivity index (χ0n) is 7.69. The molecule has 0 aliphatic heterocycles. The number of halogens is 6. The van der Waals surface area contributed by atoms with Gasteiger partial charge >= 0.3 is 6.18 Å². The van der Waals surface area contributed by atoms with Crippen LogP contribution >= 0.6 is 34.8 Å². The lowest BCUT2D eigenvalue weighted by molar-refractivity contribution is -0.137. The van der Waals surface area contributed by atoms with Gasteiger partial charge in [-0.25, -0.2) is 0 Å². The summed E-state index contributed by atoms with van der Waals surface area (Å²) in [5.41, 5.74) is -1.52. The Morgan fingerprint density at radius 1 is 1.19 bits per heavy atom. The van der Waals surface area contributed by atoms with Crippen LogP contribution in [0.25, 0.3) is 0 Å².